The Bertz CT molecular complexity index is 686. The van der Waals surface area contributed by atoms with Gasteiger partial charge < -0.3 is 19.7 Å². The van der Waals surface area contributed by atoms with Crippen molar-refractivity contribution in [1.82, 2.24) is 0 Å². The first-order valence-corrected chi connectivity index (χ1v) is 11.9. The number of allylic oxidation sites excluding steroid dienone is 1. The molecule has 29 heavy (non-hydrogen) atoms. The van der Waals surface area contributed by atoms with E-state index in [1.54, 1.807) is 14.2 Å². The smallest absolute Gasteiger partial charge is 0.156 e. The molecule has 2 N–H and O–H groups in total. The zero-order valence-corrected chi connectivity index (χ0v) is 18.7. The van der Waals surface area contributed by atoms with Crippen molar-refractivity contribution in [2.75, 3.05) is 14.2 Å². The molecule has 0 bridgehead atoms. The van der Waals surface area contributed by atoms with Crippen LogP contribution in [0.1, 0.15) is 71.6 Å². The predicted molar refractivity (Wildman–Crippen MR) is 112 cm³/mol. The number of aliphatic hydroxyl groups is 2. The number of rotatable bonds is 5. The molecule has 3 unspecified atom stereocenters. The molecule has 5 rings (SSSR count). The number of hydrogen-bond donors (Lipinski definition) is 2. The third-order valence-corrected chi connectivity index (χ3v) is 10.5. The molecule has 5 aliphatic carbocycles. The van der Waals surface area contributed by atoms with Gasteiger partial charge in [-0.15, -0.1) is 0 Å². The lowest BCUT2D eigenvalue weighted by molar-refractivity contribution is -0.165. The van der Waals surface area contributed by atoms with Crippen LogP contribution >= 0.6 is 0 Å². The standard InChI is InChI=1S/C25H40O4/c1-23-10-7-16(26)13-15(23)5-6-17-19(23)8-11-24(2)22(17)18-14-20(18)25(24,27)12-9-21(28-3)29-4/h5,16-22,26-27H,6-14H2,1-4H3/t16-,17?,18+,19?,20-,22?,23-,24-,25-/m1/s1. The van der Waals surface area contributed by atoms with Crippen molar-refractivity contribution in [3.8, 4) is 0 Å². The van der Waals surface area contributed by atoms with Crippen molar-refractivity contribution in [3.63, 3.8) is 0 Å². The highest BCUT2D eigenvalue weighted by molar-refractivity contribution is 5.29. The first kappa shape index (κ1) is 20.5. The topological polar surface area (TPSA) is 58.9 Å². The first-order chi connectivity index (χ1) is 13.8. The molecule has 9 atom stereocenters. The number of fused-ring (bicyclic) bond motifs is 7. The lowest BCUT2D eigenvalue weighted by Crippen LogP contribution is -2.56. The number of methoxy groups -OCH3 is 2. The third kappa shape index (κ3) is 2.71. The van der Waals surface area contributed by atoms with Gasteiger partial charge >= 0.3 is 0 Å². The molecule has 4 saturated carbocycles. The van der Waals surface area contributed by atoms with E-state index in [0.717, 1.165) is 50.9 Å². The molecule has 0 heterocycles. The van der Waals surface area contributed by atoms with Gasteiger partial charge in [0, 0.05) is 20.6 Å². The van der Waals surface area contributed by atoms with Gasteiger partial charge in [-0.25, -0.2) is 0 Å². The molecule has 164 valence electrons. The second-order valence-corrected chi connectivity index (χ2v) is 11.4. The molecular formula is C25H40O4. The molecule has 0 saturated heterocycles. The maximum atomic E-state index is 12.1. The van der Waals surface area contributed by atoms with Gasteiger partial charge in [-0.1, -0.05) is 25.5 Å². The van der Waals surface area contributed by atoms with Crippen molar-refractivity contribution in [1.29, 1.82) is 0 Å². The Balaban J connectivity index is 1.42. The van der Waals surface area contributed by atoms with Crippen LogP contribution in [0.2, 0.25) is 0 Å². The summed E-state index contributed by atoms with van der Waals surface area (Å²) in [5.41, 5.74) is 1.25. The quantitative estimate of drug-likeness (QED) is 0.530. The average Bonchev–Trinajstić information content (AvgIpc) is 3.46. The zero-order chi connectivity index (χ0) is 20.6. The molecule has 0 spiro atoms. The van der Waals surface area contributed by atoms with Gasteiger partial charge in [-0.05, 0) is 91.8 Å². The Kier molecular flexibility index (Phi) is 4.79. The summed E-state index contributed by atoms with van der Waals surface area (Å²) in [6, 6.07) is 0. The fourth-order valence-electron chi connectivity index (χ4n) is 8.92. The molecule has 0 aromatic heterocycles. The molecule has 5 aliphatic rings. The van der Waals surface area contributed by atoms with Crippen LogP contribution in [0.3, 0.4) is 0 Å². The van der Waals surface area contributed by atoms with E-state index < -0.39 is 5.60 Å². The zero-order valence-electron chi connectivity index (χ0n) is 18.7. The maximum absolute atomic E-state index is 12.1. The van der Waals surface area contributed by atoms with E-state index >= 15 is 0 Å². The summed E-state index contributed by atoms with van der Waals surface area (Å²) in [5.74, 6) is 3.23. The fraction of sp³-hybridized carbons (Fsp3) is 0.920. The molecular weight excluding hydrogens is 364 g/mol. The van der Waals surface area contributed by atoms with Gasteiger partial charge in [-0.2, -0.15) is 0 Å². The Morgan fingerprint density at radius 2 is 1.86 bits per heavy atom. The molecule has 0 aromatic carbocycles. The van der Waals surface area contributed by atoms with Crippen LogP contribution in [0.25, 0.3) is 0 Å². The van der Waals surface area contributed by atoms with Gasteiger partial charge in [0.15, 0.2) is 6.29 Å². The molecule has 0 aliphatic heterocycles. The van der Waals surface area contributed by atoms with Gasteiger partial charge in [-0.3, -0.25) is 0 Å². The minimum atomic E-state index is -0.573. The SMILES string of the molecule is COC(CC[C@@]1(O)[C@@H]2C[C@@H]2C2C3CC=C4C[C@H](O)CC[C@@]4(C)C3CC[C@]21C)OC. The second-order valence-electron chi connectivity index (χ2n) is 11.4. The average molecular weight is 405 g/mol. The number of hydrogen-bond acceptors (Lipinski definition) is 4. The lowest BCUT2D eigenvalue weighted by Gasteiger charge is -2.60. The number of ether oxygens (including phenoxy) is 2. The highest BCUT2D eigenvalue weighted by Gasteiger charge is 2.75. The van der Waals surface area contributed by atoms with E-state index in [1.165, 1.54) is 18.4 Å². The minimum absolute atomic E-state index is 0.0175. The summed E-state index contributed by atoms with van der Waals surface area (Å²) in [5, 5.41) is 22.3. The highest BCUT2D eigenvalue weighted by atomic mass is 16.7. The van der Waals surface area contributed by atoms with Crippen molar-refractivity contribution < 1.29 is 19.7 Å². The molecule has 4 heteroatoms. The predicted octanol–water partition coefficient (Wildman–Crippen LogP) is 4.30. The van der Waals surface area contributed by atoms with Crippen LogP contribution in [0, 0.1) is 40.4 Å². The third-order valence-electron chi connectivity index (χ3n) is 10.5. The normalized spacial score (nSPS) is 53.0. The Morgan fingerprint density at radius 3 is 2.59 bits per heavy atom. The monoisotopic (exact) mass is 404 g/mol. The molecule has 4 nitrogen and oxygen atoms in total. The maximum Gasteiger partial charge on any atom is 0.156 e. The van der Waals surface area contributed by atoms with Gasteiger partial charge in [0.2, 0.25) is 0 Å². The largest absolute Gasteiger partial charge is 0.393 e. The van der Waals surface area contributed by atoms with Crippen LogP contribution in [-0.2, 0) is 9.47 Å². The minimum Gasteiger partial charge on any atom is -0.393 e. The molecule has 4 fully saturated rings. The van der Waals surface area contributed by atoms with E-state index in [0.29, 0.717) is 23.7 Å². The van der Waals surface area contributed by atoms with Gasteiger partial charge in [0.1, 0.15) is 0 Å². The summed E-state index contributed by atoms with van der Waals surface area (Å²) < 4.78 is 10.9. The van der Waals surface area contributed by atoms with Crippen molar-refractivity contribution in [2.24, 2.45) is 40.4 Å². The van der Waals surface area contributed by atoms with Crippen LogP contribution < -0.4 is 0 Å². The van der Waals surface area contributed by atoms with Crippen LogP contribution in [0.4, 0.5) is 0 Å². The van der Waals surface area contributed by atoms with Crippen LogP contribution in [0.15, 0.2) is 11.6 Å². The lowest BCUT2D eigenvalue weighted by atomic mass is 9.45. The van der Waals surface area contributed by atoms with E-state index in [4.69, 9.17) is 9.47 Å². The summed E-state index contributed by atoms with van der Waals surface area (Å²) in [6.45, 7) is 4.89. The Labute approximate surface area is 176 Å². The van der Waals surface area contributed by atoms with E-state index in [9.17, 15) is 10.2 Å². The second kappa shape index (κ2) is 6.79. The highest BCUT2D eigenvalue weighted by Crippen LogP contribution is 2.77. The van der Waals surface area contributed by atoms with E-state index in [1.807, 2.05) is 0 Å². The van der Waals surface area contributed by atoms with Crippen molar-refractivity contribution >= 4 is 0 Å². The summed E-state index contributed by atoms with van der Waals surface area (Å²) in [6.07, 6.45) is 11.4. The van der Waals surface area contributed by atoms with Crippen LogP contribution in [0.5, 0.6) is 0 Å². The molecule has 0 aromatic rings. The Hall–Kier alpha value is -0.420. The van der Waals surface area contributed by atoms with Crippen LogP contribution in [-0.4, -0.2) is 42.4 Å². The number of aliphatic hydroxyl groups excluding tert-OH is 1. The summed E-state index contributed by atoms with van der Waals surface area (Å²) >= 11 is 0. The Morgan fingerprint density at radius 1 is 1.10 bits per heavy atom. The van der Waals surface area contributed by atoms with E-state index in [2.05, 4.69) is 19.9 Å². The van der Waals surface area contributed by atoms with Gasteiger partial charge in [0.25, 0.3) is 0 Å². The molecule has 0 amide bonds. The van der Waals surface area contributed by atoms with E-state index in [-0.39, 0.29) is 23.2 Å². The summed E-state index contributed by atoms with van der Waals surface area (Å²) in [7, 11) is 3.38. The fourth-order valence-corrected chi connectivity index (χ4v) is 8.92. The van der Waals surface area contributed by atoms with Crippen molar-refractivity contribution in [3.05, 3.63) is 11.6 Å². The molecule has 0 radical (unpaired) electrons. The first-order valence-electron chi connectivity index (χ1n) is 11.9. The summed E-state index contributed by atoms with van der Waals surface area (Å²) in [4.78, 5) is 0. The van der Waals surface area contributed by atoms with Gasteiger partial charge in [0.05, 0.1) is 11.7 Å². The van der Waals surface area contributed by atoms with Crippen molar-refractivity contribution in [2.45, 2.75) is 89.6 Å².